The van der Waals surface area contributed by atoms with Crippen LogP contribution in [0.1, 0.15) is 24.5 Å². The van der Waals surface area contributed by atoms with Crippen LogP contribution in [0.3, 0.4) is 0 Å². The van der Waals surface area contributed by atoms with Crippen molar-refractivity contribution in [2.45, 2.75) is 26.5 Å². The van der Waals surface area contributed by atoms with Crippen molar-refractivity contribution < 1.29 is 9.47 Å². The van der Waals surface area contributed by atoms with E-state index in [9.17, 15) is 0 Å². The molecule has 1 aliphatic heterocycles. The highest BCUT2D eigenvalue weighted by atomic mass is 127. The number of hydrogen-bond donors (Lipinski definition) is 1. The molecule has 1 fully saturated rings. The van der Waals surface area contributed by atoms with E-state index >= 15 is 0 Å². The highest BCUT2D eigenvalue weighted by Crippen LogP contribution is 2.17. The van der Waals surface area contributed by atoms with E-state index in [1.165, 1.54) is 5.56 Å². The number of halogens is 1. The van der Waals surface area contributed by atoms with E-state index in [0.717, 1.165) is 49.9 Å². The topological polar surface area (TPSA) is 46.1 Å². The fraction of sp³-hybridized carbons (Fsp3) is 0.435. The number of rotatable bonds is 8. The lowest BCUT2D eigenvalue weighted by atomic mass is 10.1. The Morgan fingerprint density at radius 1 is 1.14 bits per heavy atom. The van der Waals surface area contributed by atoms with Crippen molar-refractivity contribution in [3.63, 3.8) is 0 Å². The first-order valence-electron chi connectivity index (χ1n) is 10.1. The highest BCUT2D eigenvalue weighted by Gasteiger charge is 2.24. The Labute approximate surface area is 191 Å². The van der Waals surface area contributed by atoms with Crippen molar-refractivity contribution in [2.24, 2.45) is 10.9 Å². The van der Waals surface area contributed by atoms with E-state index in [1.54, 1.807) is 7.11 Å². The minimum absolute atomic E-state index is 0. The molecule has 0 aromatic heterocycles. The molecule has 1 N–H and O–H groups in total. The summed E-state index contributed by atoms with van der Waals surface area (Å²) in [6, 6.07) is 18.4. The fourth-order valence-corrected chi connectivity index (χ4v) is 3.49. The van der Waals surface area contributed by atoms with Crippen molar-refractivity contribution >= 4 is 29.9 Å². The summed E-state index contributed by atoms with van der Waals surface area (Å²) >= 11 is 0. The normalized spacial score (nSPS) is 16.4. The van der Waals surface area contributed by atoms with Gasteiger partial charge in [0.25, 0.3) is 0 Å². The molecule has 1 atom stereocenters. The van der Waals surface area contributed by atoms with Gasteiger partial charge in [-0.05, 0) is 36.6 Å². The molecule has 0 amide bonds. The first-order valence-corrected chi connectivity index (χ1v) is 10.1. The summed E-state index contributed by atoms with van der Waals surface area (Å²) in [5, 5.41) is 3.43. The quantitative estimate of drug-likeness (QED) is 0.327. The molecule has 1 aliphatic rings. The van der Waals surface area contributed by atoms with Crippen molar-refractivity contribution in [1.29, 1.82) is 0 Å². The molecule has 1 saturated heterocycles. The standard InChI is InChI=1S/C23H31N3O2.HI/c1-3-24-23(26-13-12-21(16-26)17-27-2)25-15-19-8-7-9-20(14-19)18-28-22-10-5-4-6-11-22;/h4-11,14,21H,3,12-13,15-18H2,1-2H3,(H,24,25);1H. The first-order chi connectivity index (χ1) is 13.8. The molecular formula is C23H32IN3O2. The molecule has 2 aromatic carbocycles. The molecule has 0 bridgehead atoms. The van der Waals surface area contributed by atoms with E-state index in [-0.39, 0.29) is 24.0 Å². The summed E-state index contributed by atoms with van der Waals surface area (Å²) in [6.07, 6.45) is 1.16. The van der Waals surface area contributed by atoms with Crippen molar-refractivity contribution in [2.75, 3.05) is 33.4 Å². The Bertz CT molecular complexity index is 755. The summed E-state index contributed by atoms with van der Waals surface area (Å²) in [6.45, 7) is 7.06. The number of nitrogens with zero attached hydrogens (tertiary/aromatic N) is 2. The number of benzene rings is 2. The van der Waals surface area contributed by atoms with Crippen LogP contribution < -0.4 is 10.1 Å². The van der Waals surface area contributed by atoms with Gasteiger partial charge in [-0.2, -0.15) is 0 Å². The molecular weight excluding hydrogens is 477 g/mol. The number of likely N-dealkylation sites (tertiary alicyclic amines) is 1. The lowest BCUT2D eigenvalue weighted by molar-refractivity contribution is 0.157. The zero-order valence-electron chi connectivity index (χ0n) is 17.3. The van der Waals surface area contributed by atoms with Crippen LogP contribution in [-0.4, -0.2) is 44.2 Å². The van der Waals surface area contributed by atoms with Gasteiger partial charge in [0, 0.05) is 32.7 Å². The Morgan fingerprint density at radius 2 is 1.93 bits per heavy atom. The number of ether oxygens (including phenoxy) is 2. The van der Waals surface area contributed by atoms with E-state index in [4.69, 9.17) is 14.5 Å². The van der Waals surface area contributed by atoms with E-state index in [1.807, 2.05) is 30.3 Å². The Morgan fingerprint density at radius 3 is 2.69 bits per heavy atom. The molecule has 0 aliphatic carbocycles. The second-order valence-corrected chi connectivity index (χ2v) is 7.15. The molecule has 0 saturated carbocycles. The molecule has 0 radical (unpaired) electrons. The van der Waals surface area contributed by atoms with Crippen LogP contribution in [0.5, 0.6) is 5.75 Å². The molecule has 2 aromatic rings. The summed E-state index contributed by atoms with van der Waals surface area (Å²) in [5.74, 6) is 2.47. The van der Waals surface area contributed by atoms with Gasteiger partial charge < -0.3 is 19.7 Å². The molecule has 3 rings (SSSR count). The van der Waals surface area contributed by atoms with Crippen LogP contribution in [-0.2, 0) is 17.9 Å². The van der Waals surface area contributed by atoms with Crippen LogP contribution >= 0.6 is 24.0 Å². The van der Waals surface area contributed by atoms with Crippen molar-refractivity contribution in [3.05, 3.63) is 65.7 Å². The summed E-state index contributed by atoms with van der Waals surface area (Å²) in [7, 11) is 1.77. The third kappa shape index (κ3) is 7.51. The second-order valence-electron chi connectivity index (χ2n) is 7.15. The molecule has 6 heteroatoms. The van der Waals surface area contributed by atoms with Crippen LogP contribution in [0, 0.1) is 5.92 Å². The Balaban J connectivity index is 0.00000300. The lowest BCUT2D eigenvalue weighted by Crippen LogP contribution is -2.40. The van der Waals surface area contributed by atoms with Gasteiger partial charge >= 0.3 is 0 Å². The minimum atomic E-state index is 0. The summed E-state index contributed by atoms with van der Waals surface area (Å²) < 4.78 is 11.2. The van der Waals surface area contributed by atoms with Gasteiger partial charge in [0.15, 0.2) is 5.96 Å². The zero-order chi connectivity index (χ0) is 19.6. The fourth-order valence-electron chi connectivity index (χ4n) is 3.49. The maximum absolute atomic E-state index is 5.86. The molecule has 1 heterocycles. The number of hydrogen-bond acceptors (Lipinski definition) is 3. The van der Waals surface area contributed by atoms with Gasteiger partial charge in [0.05, 0.1) is 13.2 Å². The molecule has 29 heavy (non-hydrogen) atoms. The van der Waals surface area contributed by atoms with Crippen LogP contribution in [0.25, 0.3) is 0 Å². The zero-order valence-corrected chi connectivity index (χ0v) is 19.7. The molecule has 5 nitrogen and oxygen atoms in total. The van der Waals surface area contributed by atoms with Crippen LogP contribution in [0.15, 0.2) is 59.6 Å². The van der Waals surface area contributed by atoms with Crippen molar-refractivity contribution in [1.82, 2.24) is 10.2 Å². The monoisotopic (exact) mass is 509 g/mol. The van der Waals surface area contributed by atoms with Crippen LogP contribution in [0.2, 0.25) is 0 Å². The number of nitrogens with one attached hydrogen (secondary N) is 1. The average Bonchev–Trinajstić information content (AvgIpc) is 3.19. The van der Waals surface area contributed by atoms with Gasteiger partial charge in [-0.3, -0.25) is 0 Å². The largest absolute Gasteiger partial charge is 0.489 e. The number of guanidine groups is 1. The molecule has 0 spiro atoms. The smallest absolute Gasteiger partial charge is 0.194 e. The van der Waals surface area contributed by atoms with Crippen LogP contribution in [0.4, 0.5) is 0 Å². The SMILES string of the molecule is CCNC(=NCc1cccc(COc2ccccc2)c1)N1CCC(COC)C1.I. The first kappa shape index (κ1) is 23.5. The summed E-state index contributed by atoms with van der Waals surface area (Å²) in [5.41, 5.74) is 2.35. The van der Waals surface area contributed by atoms with E-state index < -0.39 is 0 Å². The molecule has 158 valence electrons. The van der Waals surface area contributed by atoms with E-state index in [0.29, 0.717) is 19.1 Å². The number of methoxy groups -OCH3 is 1. The minimum Gasteiger partial charge on any atom is -0.489 e. The number of para-hydroxylation sites is 1. The van der Waals surface area contributed by atoms with Gasteiger partial charge in [-0.1, -0.05) is 42.5 Å². The summed E-state index contributed by atoms with van der Waals surface area (Å²) in [4.78, 5) is 7.21. The molecule has 1 unspecified atom stereocenters. The predicted octanol–water partition coefficient (Wildman–Crippen LogP) is 4.32. The van der Waals surface area contributed by atoms with Gasteiger partial charge in [-0.15, -0.1) is 24.0 Å². The average molecular weight is 509 g/mol. The highest BCUT2D eigenvalue weighted by molar-refractivity contribution is 14.0. The predicted molar refractivity (Wildman–Crippen MR) is 129 cm³/mol. The Hall–Kier alpha value is -1.80. The second kappa shape index (κ2) is 12.7. The van der Waals surface area contributed by atoms with Crippen molar-refractivity contribution in [3.8, 4) is 5.75 Å². The van der Waals surface area contributed by atoms with Gasteiger partial charge in [0.2, 0.25) is 0 Å². The maximum Gasteiger partial charge on any atom is 0.194 e. The lowest BCUT2D eigenvalue weighted by Gasteiger charge is -2.21. The maximum atomic E-state index is 5.86. The third-order valence-corrected chi connectivity index (χ3v) is 4.87. The Kier molecular flexibility index (Phi) is 10.3. The van der Waals surface area contributed by atoms with Gasteiger partial charge in [0.1, 0.15) is 12.4 Å². The van der Waals surface area contributed by atoms with Gasteiger partial charge in [-0.25, -0.2) is 4.99 Å². The van der Waals surface area contributed by atoms with E-state index in [2.05, 4.69) is 41.4 Å². The number of aliphatic imine (C=N–C) groups is 1. The third-order valence-electron chi connectivity index (χ3n) is 4.87.